The van der Waals surface area contributed by atoms with Gasteiger partial charge >= 0.3 is 0 Å². The van der Waals surface area contributed by atoms with E-state index >= 15 is 0 Å². The summed E-state index contributed by atoms with van der Waals surface area (Å²) in [6.45, 7) is 13.5. The lowest BCUT2D eigenvalue weighted by Gasteiger charge is -2.34. The molecule has 2 unspecified atom stereocenters. The average molecular weight is 452 g/mol. The van der Waals surface area contributed by atoms with Crippen molar-refractivity contribution in [1.82, 2.24) is 19.7 Å². The van der Waals surface area contributed by atoms with Crippen molar-refractivity contribution >= 4 is 40.1 Å². The molecule has 3 heterocycles. The molecule has 0 saturated carbocycles. The Balaban J connectivity index is 1.57. The molecule has 0 aliphatic carbocycles. The molecular formula is C21H30ClN5O2S. The number of thiazole rings is 1. The lowest BCUT2D eigenvalue weighted by Crippen LogP contribution is -2.44. The van der Waals surface area contributed by atoms with Crippen LogP contribution in [0.5, 0.6) is 0 Å². The molecule has 1 N–H and O–H groups in total. The molecule has 1 aliphatic heterocycles. The van der Waals surface area contributed by atoms with Gasteiger partial charge in [0.1, 0.15) is 5.15 Å². The maximum atomic E-state index is 12.3. The van der Waals surface area contributed by atoms with Gasteiger partial charge in [-0.05, 0) is 32.8 Å². The minimum atomic E-state index is -0.239. The summed E-state index contributed by atoms with van der Waals surface area (Å²) >= 11 is 7.86. The predicted molar refractivity (Wildman–Crippen MR) is 122 cm³/mol. The maximum absolute atomic E-state index is 12.3. The summed E-state index contributed by atoms with van der Waals surface area (Å²) in [6, 6.07) is 0. The molecule has 30 heavy (non-hydrogen) atoms. The molecule has 0 radical (unpaired) electrons. The molecule has 1 aliphatic rings. The molecule has 7 nitrogen and oxygen atoms in total. The minimum absolute atomic E-state index is 0.219. The lowest BCUT2D eigenvalue weighted by molar-refractivity contribution is -0.111. The second kappa shape index (κ2) is 10.0. The van der Waals surface area contributed by atoms with Crippen molar-refractivity contribution in [2.75, 3.05) is 18.4 Å². The number of carbonyl (C=O) groups is 1. The lowest BCUT2D eigenvalue weighted by atomic mass is 10.2. The van der Waals surface area contributed by atoms with Crippen LogP contribution >= 0.6 is 22.9 Å². The van der Waals surface area contributed by atoms with Crippen molar-refractivity contribution in [2.24, 2.45) is 5.92 Å². The number of nitrogens with one attached hydrogen (secondary N) is 1. The number of hydrogen-bond acceptors (Lipinski definition) is 6. The Morgan fingerprint density at radius 2 is 2.10 bits per heavy atom. The van der Waals surface area contributed by atoms with Crippen LogP contribution in [0, 0.1) is 12.8 Å². The Morgan fingerprint density at radius 3 is 2.77 bits per heavy atom. The summed E-state index contributed by atoms with van der Waals surface area (Å²) in [6.07, 6.45) is 3.62. The summed E-state index contributed by atoms with van der Waals surface area (Å²) in [7, 11) is 0. The zero-order valence-corrected chi connectivity index (χ0v) is 19.8. The molecule has 0 bridgehead atoms. The Morgan fingerprint density at radius 1 is 1.40 bits per heavy atom. The van der Waals surface area contributed by atoms with Gasteiger partial charge in [0.15, 0.2) is 5.13 Å². The van der Waals surface area contributed by atoms with Gasteiger partial charge in [-0.2, -0.15) is 5.10 Å². The number of hydrogen-bond donors (Lipinski definition) is 1. The third-order valence-corrected chi connectivity index (χ3v) is 5.92. The fourth-order valence-electron chi connectivity index (χ4n) is 3.61. The Kier molecular flexibility index (Phi) is 7.68. The number of ether oxygens (including phenoxy) is 1. The number of morpholine rings is 1. The van der Waals surface area contributed by atoms with Crippen molar-refractivity contribution < 1.29 is 9.53 Å². The molecule has 1 saturated heterocycles. The molecule has 164 valence electrons. The third-order valence-electron chi connectivity index (χ3n) is 4.71. The van der Waals surface area contributed by atoms with Crippen molar-refractivity contribution in [3.63, 3.8) is 0 Å². The summed E-state index contributed by atoms with van der Waals surface area (Å²) in [5, 5.41) is 10.4. The van der Waals surface area contributed by atoms with Crippen LogP contribution in [0.3, 0.4) is 0 Å². The normalized spacial score (nSPS) is 20.4. The highest BCUT2D eigenvalue weighted by atomic mass is 35.5. The van der Waals surface area contributed by atoms with Gasteiger partial charge in [0.2, 0.25) is 5.91 Å². The smallest absolute Gasteiger partial charge is 0.250 e. The van der Waals surface area contributed by atoms with Crippen LogP contribution in [0.4, 0.5) is 5.13 Å². The van der Waals surface area contributed by atoms with Crippen molar-refractivity contribution in [3.8, 4) is 0 Å². The van der Waals surface area contributed by atoms with Crippen LogP contribution in [0.15, 0.2) is 11.5 Å². The molecular weight excluding hydrogens is 422 g/mol. The number of amides is 1. The predicted octanol–water partition coefficient (Wildman–Crippen LogP) is 4.22. The summed E-state index contributed by atoms with van der Waals surface area (Å²) in [5.41, 5.74) is 2.52. The monoisotopic (exact) mass is 451 g/mol. The first kappa shape index (κ1) is 22.9. The van der Waals surface area contributed by atoms with E-state index in [-0.39, 0.29) is 18.1 Å². The first-order valence-electron chi connectivity index (χ1n) is 10.3. The second-order valence-electron chi connectivity index (χ2n) is 8.28. The van der Waals surface area contributed by atoms with Gasteiger partial charge in [-0.25, -0.2) is 4.98 Å². The van der Waals surface area contributed by atoms with Crippen LogP contribution in [0.25, 0.3) is 6.08 Å². The zero-order valence-electron chi connectivity index (χ0n) is 18.2. The fourth-order valence-corrected chi connectivity index (χ4v) is 4.62. The quantitative estimate of drug-likeness (QED) is 0.638. The molecule has 2 atom stereocenters. The van der Waals surface area contributed by atoms with E-state index in [1.807, 2.05) is 12.3 Å². The van der Waals surface area contributed by atoms with Gasteiger partial charge in [0, 0.05) is 43.2 Å². The van der Waals surface area contributed by atoms with Crippen molar-refractivity contribution in [3.05, 3.63) is 33.6 Å². The van der Waals surface area contributed by atoms with E-state index in [1.54, 1.807) is 10.8 Å². The van der Waals surface area contributed by atoms with Crippen LogP contribution in [-0.2, 0) is 22.6 Å². The van der Waals surface area contributed by atoms with Crippen molar-refractivity contribution in [2.45, 2.75) is 59.9 Å². The first-order valence-corrected chi connectivity index (χ1v) is 11.5. The topological polar surface area (TPSA) is 72.3 Å². The van der Waals surface area contributed by atoms with Gasteiger partial charge in [-0.1, -0.05) is 25.4 Å². The molecule has 2 aromatic rings. The number of anilines is 1. The number of halogens is 1. The van der Waals surface area contributed by atoms with Gasteiger partial charge < -0.3 is 4.74 Å². The Hall–Kier alpha value is -1.74. The van der Waals surface area contributed by atoms with Crippen molar-refractivity contribution in [1.29, 1.82) is 0 Å². The molecule has 0 aromatic carbocycles. The summed E-state index contributed by atoms with van der Waals surface area (Å²) in [5.74, 6) is 0.196. The van der Waals surface area contributed by atoms with Crippen LogP contribution < -0.4 is 5.32 Å². The van der Waals surface area contributed by atoms with E-state index in [0.717, 1.165) is 43.1 Å². The SMILES string of the molecule is Cc1nn(CC(C)C)c(Cl)c1/C=C/C(=O)Nc1nc(CN2CC(C)OC(C)C2)cs1. The van der Waals surface area contributed by atoms with E-state index in [9.17, 15) is 4.79 Å². The highest BCUT2D eigenvalue weighted by Gasteiger charge is 2.22. The average Bonchev–Trinajstić information content (AvgIpc) is 3.16. The number of aromatic nitrogens is 3. The number of nitrogens with zero attached hydrogens (tertiary/aromatic N) is 4. The minimum Gasteiger partial charge on any atom is -0.373 e. The van der Waals surface area contributed by atoms with Gasteiger partial charge in [-0.15, -0.1) is 11.3 Å². The number of carbonyl (C=O) groups excluding carboxylic acids is 1. The molecule has 2 aromatic heterocycles. The summed E-state index contributed by atoms with van der Waals surface area (Å²) in [4.78, 5) is 19.2. The van der Waals surface area contributed by atoms with E-state index in [2.05, 4.69) is 48.0 Å². The van der Waals surface area contributed by atoms with E-state index in [4.69, 9.17) is 16.3 Å². The summed E-state index contributed by atoms with van der Waals surface area (Å²) < 4.78 is 7.55. The number of rotatable bonds is 7. The highest BCUT2D eigenvalue weighted by Crippen LogP contribution is 2.23. The molecule has 9 heteroatoms. The highest BCUT2D eigenvalue weighted by molar-refractivity contribution is 7.13. The molecule has 1 amide bonds. The Labute approximate surface area is 187 Å². The number of aryl methyl sites for hydroxylation is 1. The largest absolute Gasteiger partial charge is 0.373 e. The van der Waals surface area contributed by atoms with Gasteiger partial charge in [0.05, 0.1) is 23.6 Å². The van der Waals surface area contributed by atoms with Gasteiger partial charge in [-0.3, -0.25) is 19.7 Å². The molecule has 0 spiro atoms. The van der Waals surface area contributed by atoms with Gasteiger partial charge in [0.25, 0.3) is 0 Å². The first-order chi connectivity index (χ1) is 14.2. The van der Waals surface area contributed by atoms with E-state index in [0.29, 0.717) is 16.2 Å². The molecule has 3 rings (SSSR count). The second-order valence-corrected chi connectivity index (χ2v) is 9.50. The molecule has 1 fully saturated rings. The zero-order chi connectivity index (χ0) is 21.8. The fraction of sp³-hybridized carbons (Fsp3) is 0.571. The van der Waals surface area contributed by atoms with Crippen LogP contribution in [-0.4, -0.2) is 50.9 Å². The van der Waals surface area contributed by atoms with Crippen LogP contribution in [0.2, 0.25) is 5.15 Å². The Bertz CT molecular complexity index is 897. The standard InChI is InChI=1S/C21H30ClN5O2S/c1-13(2)8-27-20(22)18(16(5)25-27)6-7-19(28)24-21-23-17(12-30-21)11-26-9-14(3)29-15(4)10-26/h6-7,12-15H,8-11H2,1-5H3,(H,23,24,28)/b7-6+. The van der Waals surface area contributed by atoms with Crippen LogP contribution in [0.1, 0.15) is 44.6 Å². The van der Waals surface area contributed by atoms with E-state index < -0.39 is 0 Å². The maximum Gasteiger partial charge on any atom is 0.250 e. The van der Waals surface area contributed by atoms with E-state index in [1.165, 1.54) is 17.4 Å². The third kappa shape index (κ3) is 6.14.